The molecule has 0 fully saturated rings. The Labute approximate surface area is 163 Å². The van der Waals surface area contributed by atoms with Crippen molar-refractivity contribution >= 4 is 43.0 Å². The number of hydrogen-bond donors (Lipinski definition) is 4. The zero-order chi connectivity index (χ0) is 21.3. The molecule has 2 aromatic carbocycles. The lowest BCUT2D eigenvalue weighted by Crippen LogP contribution is -2.35. The van der Waals surface area contributed by atoms with Crippen LogP contribution in [0.1, 0.15) is 11.1 Å². The zero-order valence-electron chi connectivity index (χ0n) is 14.9. The molecule has 0 bridgehead atoms. The van der Waals surface area contributed by atoms with Crippen molar-refractivity contribution < 1.29 is 37.4 Å². The van der Waals surface area contributed by atoms with E-state index in [4.69, 9.17) is 0 Å². The van der Waals surface area contributed by atoms with Gasteiger partial charge in [-0.3, -0.25) is 37.4 Å². The standard InChI is InChI=1S/C18H18O8S2/c1-11-3-7-13(8-4-11)27(23,24)17(21)15(19)16(20)18(22)28(25,26)14-9-5-12(2)6-10-14/h3-10,23-26H,1-2H3. The summed E-state index contributed by atoms with van der Waals surface area (Å²) < 4.78 is 40.3. The van der Waals surface area contributed by atoms with E-state index in [1.807, 2.05) is 0 Å². The average Bonchev–Trinajstić information content (AvgIpc) is 2.66. The first-order valence-corrected chi connectivity index (χ1v) is 10.8. The topological polar surface area (TPSA) is 149 Å². The van der Waals surface area contributed by atoms with E-state index in [2.05, 4.69) is 0 Å². The second kappa shape index (κ2) is 7.95. The normalized spacial score (nSPS) is 12.9. The fourth-order valence-corrected chi connectivity index (χ4v) is 4.28. The van der Waals surface area contributed by atoms with Crippen molar-refractivity contribution in [3.63, 3.8) is 0 Å². The molecule has 0 radical (unpaired) electrons. The Morgan fingerprint density at radius 1 is 0.571 bits per heavy atom. The van der Waals surface area contributed by atoms with Crippen LogP contribution in [0.15, 0.2) is 58.3 Å². The quantitative estimate of drug-likeness (QED) is 0.420. The van der Waals surface area contributed by atoms with Crippen molar-refractivity contribution in [1.82, 2.24) is 0 Å². The summed E-state index contributed by atoms with van der Waals surface area (Å²) in [6, 6.07) is 10.6. The summed E-state index contributed by atoms with van der Waals surface area (Å²) in [5.74, 6) is -4.06. The van der Waals surface area contributed by atoms with Crippen LogP contribution in [0.5, 0.6) is 0 Å². The Kier molecular flexibility index (Phi) is 6.24. The van der Waals surface area contributed by atoms with E-state index >= 15 is 0 Å². The molecule has 0 aromatic heterocycles. The summed E-state index contributed by atoms with van der Waals surface area (Å²) in [4.78, 5) is 47.9. The van der Waals surface area contributed by atoms with Crippen molar-refractivity contribution in [3.05, 3.63) is 59.7 Å². The molecule has 0 aliphatic heterocycles. The molecule has 2 aromatic rings. The summed E-state index contributed by atoms with van der Waals surface area (Å²) in [6.45, 7) is 3.42. The Morgan fingerprint density at radius 2 is 0.821 bits per heavy atom. The monoisotopic (exact) mass is 426 g/mol. The van der Waals surface area contributed by atoms with Gasteiger partial charge in [-0.15, -0.1) is 21.2 Å². The van der Waals surface area contributed by atoms with Gasteiger partial charge in [-0.05, 0) is 38.1 Å². The number of carbonyl (C=O) groups is 4. The zero-order valence-corrected chi connectivity index (χ0v) is 16.5. The molecular weight excluding hydrogens is 408 g/mol. The van der Waals surface area contributed by atoms with Crippen LogP contribution in [-0.2, 0) is 19.2 Å². The van der Waals surface area contributed by atoms with Gasteiger partial charge in [0, 0.05) is 0 Å². The summed E-state index contributed by atoms with van der Waals surface area (Å²) in [7, 11) is -8.73. The number of benzene rings is 2. The number of ketones is 2. The minimum Gasteiger partial charge on any atom is -0.288 e. The number of carbonyl (C=O) groups excluding carboxylic acids is 4. The predicted molar refractivity (Wildman–Crippen MR) is 105 cm³/mol. The van der Waals surface area contributed by atoms with Gasteiger partial charge >= 0.3 is 10.2 Å². The smallest absolute Gasteiger partial charge is 0.288 e. The maximum Gasteiger partial charge on any atom is 0.319 e. The van der Waals surface area contributed by atoms with Crippen LogP contribution < -0.4 is 0 Å². The molecule has 0 unspecified atom stereocenters. The number of rotatable bonds is 5. The van der Waals surface area contributed by atoms with Crippen LogP contribution in [-0.4, -0.2) is 40.0 Å². The van der Waals surface area contributed by atoms with Crippen LogP contribution in [0.4, 0.5) is 0 Å². The molecule has 0 atom stereocenters. The molecule has 0 saturated heterocycles. The van der Waals surface area contributed by atoms with Gasteiger partial charge < -0.3 is 0 Å². The van der Waals surface area contributed by atoms with Gasteiger partial charge in [0.1, 0.15) is 0 Å². The molecule has 150 valence electrons. The maximum absolute atomic E-state index is 12.2. The lowest BCUT2D eigenvalue weighted by molar-refractivity contribution is -0.144. The molecule has 10 heteroatoms. The van der Waals surface area contributed by atoms with Gasteiger partial charge in [-0.1, -0.05) is 35.4 Å². The van der Waals surface area contributed by atoms with E-state index in [9.17, 15) is 37.4 Å². The highest BCUT2D eigenvalue weighted by molar-refractivity contribution is 8.39. The first kappa shape index (κ1) is 22.0. The van der Waals surface area contributed by atoms with Crippen LogP contribution in [0.2, 0.25) is 0 Å². The van der Waals surface area contributed by atoms with Crippen LogP contribution in [0.3, 0.4) is 0 Å². The van der Waals surface area contributed by atoms with E-state index in [1.54, 1.807) is 13.8 Å². The van der Waals surface area contributed by atoms with E-state index in [-0.39, 0.29) is 9.79 Å². The Hall–Kier alpha value is -2.34. The van der Waals surface area contributed by atoms with Gasteiger partial charge in [0.15, 0.2) is 0 Å². The van der Waals surface area contributed by atoms with Crippen molar-refractivity contribution in [2.24, 2.45) is 0 Å². The third kappa shape index (κ3) is 4.22. The summed E-state index contributed by atoms with van der Waals surface area (Å²) in [6.07, 6.45) is 0. The van der Waals surface area contributed by atoms with E-state index in [1.165, 1.54) is 48.5 Å². The van der Waals surface area contributed by atoms with Crippen LogP contribution in [0.25, 0.3) is 0 Å². The Balaban J connectivity index is 2.28. The third-order valence-corrected chi connectivity index (χ3v) is 7.06. The lowest BCUT2D eigenvalue weighted by atomic mass is 10.2. The largest absolute Gasteiger partial charge is 0.319 e. The SMILES string of the molecule is Cc1ccc(S(O)(O)C(=O)C(=O)C(=O)C(=O)S(O)(O)c2ccc(C)cc2)cc1. The van der Waals surface area contributed by atoms with Crippen molar-refractivity contribution in [1.29, 1.82) is 0 Å². The Morgan fingerprint density at radius 3 is 1.07 bits per heavy atom. The molecule has 0 saturated carbocycles. The second-order valence-corrected chi connectivity index (χ2v) is 9.84. The highest BCUT2D eigenvalue weighted by Crippen LogP contribution is 2.51. The average molecular weight is 426 g/mol. The minimum atomic E-state index is -4.36. The highest BCUT2D eigenvalue weighted by atomic mass is 32.3. The third-order valence-electron chi connectivity index (χ3n) is 3.79. The van der Waals surface area contributed by atoms with Crippen molar-refractivity contribution in [3.8, 4) is 0 Å². The predicted octanol–water partition coefficient (Wildman–Crippen LogP) is 3.41. The first-order chi connectivity index (χ1) is 12.9. The lowest BCUT2D eigenvalue weighted by Gasteiger charge is -2.31. The molecule has 28 heavy (non-hydrogen) atoms. The highest BCUT2D eigenvalue weighted by Gasteiger charge is 2.43. The van der Waals surface area contributed by atoms with E-state index in [0.717, 1.165) is 11.1 Å². The van der Waals surface area contributed by atoms with E-state index < -0.39 is 43.0 Å². The van der Waals surface area contributed by atoms with Crippen LogP contribution in [0, 0.1) is 13.8 Å². The second-order valence-electron chi connectivity index (χ2n) is 5.96. The van der Waals surface area contributed by atoms with Crippen molar-refractivity contribution in [2.45, 2.75) is 23.6 Å². The van der Waals surface area contributed by atoms with E-state index in [0.29, 0.717) is 0 Å². The fraction of sp³-hybridized carbons (Fsp3) is 0.111. The maximum atomic E-state index is 12.2. The fourth-order valence-electron chi connectivity index (χ4n) is 2.11. The molecule has 0 heterocycles. The van der Waals surface area contributed by atoms with Crippen molar-refractivity contribution in [2.75, 3.05) is 0 Å². The molecular formula is C18H18O8S2. The van der Waals surface area contributed by atoms with Crippen LogP contribution >= 0.6 is 21.2 Å². The first-order valence-electron chi connectivity index (χ1n) is 7.76. The molecule has 0 aliphatic carbocycles. The van der Waals surface area contributed by atoms with Gasteiger partial charge in [-0.2, -0.15) is 0 Å². The molecule has 4 N–H and O–H groups in total. The molecule has 0 aliphatic rings. The number of hydrogen-bond acceptors (Lipinski definition) is 8. The van der Waals surface area contributed by atoms with Gasteiger partial charge in [0.25, 0.3) is 11.6 Å². The van der Waals surface area contributed by atoms with Gasteiger partial charge in [0.2, 0.25) is 0 Å². The molecule has 2 rings (SSSR count). The summed E-state index contributed by atoms with van der Waals surface area (Å²) >= 11 is 0. The molecule has 0 amide bonds. The molecule has 0 spiro atoms. The minimum absolute atomic E-state index is 0.304. The Bertz CT molecular complexity index is 867. The van der Waals surface area contributed by atoms with Gasteiger partial charge in [-0.25, -0.2) is 0 Å². The summed E-state index contributed by atoms with van der Waals surface area (Å²) in [5.41, 5.74) is 1.49. The number of Topliss-reactive ketones (excluding diaryl/α,β-unsaturated/α-hetero) is 2. The summed E-state index contributed by atoms with van der Waals surface area (Å²) in [5, 5.41) is -3.79. The van der Waals surface area contributed by atoms with Gasteiger partial charge in [0.05, 0.1) is 9.79 Å². The molecule has 8 nitrogen and oxygen atoms in total. The number of aryl methyl sites for hydroxylation is 2.